The number of aromatic nitrogens is 1. The zero-order valence-corrected chi connectivity index (χ0v) is 9.81. The summed E-state index contributed by atoms with van der Waals surface area (Å²) in [4.78, 5) is 3.82. The maximum Gasteiger partial charge on any atom is 0.243 e. The Hall–Kier alpha value is -1.18. The van der Waals surface area contributed by atoms with E-state index in [-0.39, 0.29) is 23.9 Å². The van der Waals surface area contributed by atoms with Gasteiger partial charge in [0.2, 0.25) is 10.0 Å². The first kappa shape index (κ1) is 12.9. The molecule has 0 aliphatic heterocycles. The van der Waals surface area contributed by atoms with Crippen LogP contribution in [0.3, 0.4) is 0 Å². The minimum atomic E-state index is -3.58. The predicted molar refractivity (Wildman–Crippen MR) is 60.2 cm³/mol. The number of nitrogen functional groups attached to an aromatic ring is 1. The van der Waals surface area contributed by atoms with Crippen molar-refractivity contribution in [1.29, 1.82) is 0 Å². The topological polar surface area (TPSA) is 96.5 Å². The van der Waals surface area contributed by atoms with Crippen LogP contribution in [0.15, 0.2) is 23.2 Å². The van der Waals surface area contributed by atoms with Crippen LogP contribution in [0.4, 0.5) is 5.82 Å². The number of rotatable bonds is 5. The summed E-state index contributed by atoms with van der Waals surface area (Å²) in [5.74, 6) is 0.154. The molecule has 1 heterocycles. The molecule has 0 aliphatic carbocycles. The smallest absolute Gasteiger partial charge is 0.243 e. The van der Waals surface area contributed by atoms with Crippen LogP contribution in [-0.2, 0) is 10.0 Å². The number of hydrogen-bond acceptors (Lipinski definition) is 5. The third kappa shape index (κ3) is 2.69. The molecule has 0 bridgehead atoms. The fourth-order valence-corrected chi connectivity index (χ4v) is 2.76. The van der Waals surface area contributed by atoms with Gasteiger partial charge in [-0.2, -0.15) is 4.31 Å². The van der Waals surface area contributed by atoms with Crippen molar-refractivity contribution in [3.05, 3.63) is 18.3 Å². The van der Waals surface area contributed by atoms with Crippen molar-refractivity contribution in [1.82, 2.24) is 9.29 Å². The van der Waals surface area contributed by atoms with Gasteiger partial charge in [0.15, 0.2) is 0 Å². The molecule has 7 heteroatoms. The molecule has 1 aromatic rings. The largest absolute Gasteiger partial charge is 0.395 e. The summed E-state index contributed by atoms with van der Waals surface area (Å²) in [5, 5.41) is 8.79. The minimum absolute atomic E-state index is 0.0705. The fourth-order valence-electron chi connectivity index (χ4n) is 1.30. The molecule has 0 radical (unpaired) electrons. The second kappa shape index (κ2) is 5.24. The number of nitrogens with two attached hydrogens (primary N) is 1. The van der Waals surface area contributed by atoms with Gasteiger partial charge in [0.25, 0.3) is 0 Å². The monoisotopic (exact) mass is 245 g/mol. The van der Waals surface area contributed by atoms with Crippen molar-refractivity contribution >= 4 is 15.8 Å². The van der Waals surface area contributed by atoms with Crippen LogP contribution in [-0.4, -0.2) is 42.5 Å². The molecule has 1 aromatic heterocycles. The Labute approximate surface area is 94.8 Å². The first-order chi connectivity index (χ1) is 7.52. The predicted octanol–water partition coefficient (Wildman–Crippen LogP) is -0.333. The summed E-state index contributed by atoms with van der Waals surface area (Å²) in [5.41, 5.74) is 5.43. The van der Waals surface area contributed by atoms with E-state index in [0.29, 0.717) is 6.54 Å². The van der Waals surface area contributed by atoms with Crippen molar-refractivity contribution < 1.29 is 13.5 Å². The van der Waals surface area contributed by atoms with Crippen molar-refractivity contribution in [3.8, 4) is 0 Å². The molecule has 90 valence electrons. The van der Waals surface area contributed by atoms with Crippen molar-refractivity contribution in [2.45, 2.75) is 11.8 Å². The number of aliphatic hydroxyl groups excluding tert-OH is 1. The quantitative estimate of drug-likeness (QED) is 0.740. The molecule has 1 rings (SSSR count). The second-order valence-corrected chi connectivity index (χ2v) is 5.07. The van der Waals surface area contributed by atoms with Gasteiger partial charge in [-0.05, 0) is 6.07 Å². The van der Waals surface area contributed by atoms with Crippen LogP contribution in [0.1, 0.15) is 6.92 Å². The first-order valence-corrected chi connectivity index (χ1v) is 6.29. The zero-order valence-electron chi connectivity index (χ0n) is 9.00. The van der Waals surface area contributed by atoms with Gasteiger partial charge < -0.3 is 10.8 Å². The van der Waals surface area contributed by atoms with E-state index < -0.39 is 10.0 Å². The molecular formula is C9H15N3O3S. The number of sulfonamides is 1. The van der Waals surface area contributed by atoms with Crippen LogP contribution in [0.25, 0.3) is 0 Å². The molecule has 0 atom stereocenters. The summed E-state index contributed by atoms with van der Waals surface area (Å²) in [6.45, 7) is 1.86. The van der Waals surface area contributed by atoms with E-state index in [4.69, 9.17) is 10.8 Å². The van der Waals surface area contributed by atoms with E-state index in [1.165, 1.54) is 22.6 Å². The molecule has 0 saturated carbocycles. The molecule has 0 fully saturated rings. The maximum absolute atomic E-state index is 12.0. The van der Waals surface area contributed by atoms with E-state index in [2.05, 4.69) is 4.98 Å². The highest BCUT2D eigenvalue weighted by molar-refractivity contribution is 7.89. The highest BCUT2D eigenvalue weighted by atomic mass is 32.2. The number of anilines is 1. The summed E-state index contributed by atoms with van der Waals surface area (Å²) in [7, 11) is -3.58. The summed E-state index contributed by atoms with van der Waals surface area (Å²) >= 11 is 0. The lowest BCUT2D eigenvalue weighted by molar-refractivity contribution is 0.257. The van der Waals surface area contributed by atoms with Crippen LogP contribution < -0.4 is 5.73 Å². The normalized spacial score (nSPS) is 11.9. The van der Waals surface area contributed by atoms with Crippen LogP contribution in [0.5, 0.6) is 0 Å². The number of likely N-dealkylation sites (N-methyl/N-ethyl adjacent to an activating group) is 1. The molecule has 0 aromatic carbocycles. The maximum atomic E-state index is 12.0. The average Bonchev–Trinajstić information content (AvgIpc) is 2.25. The van der Waals surface area contributed by atoms with Gasteiger partial charge in [-0.25, -0.2) is 13.4 Å². The lowest BCUT2D eigenvalue weighted by Crippen LogP contribution is -2.33. The Morgan fingerprint density at radius 2 is 2.25 bits per heavy atom. The first-order valence-electron chi connectivity index (χ1n) is 4.85. The van der Waals surface area contributed by atoms with Gasteiger partial charge in [0, 0.05) is 25.4 Å². The van der Waals surface area contributed by atoms with Gasteiger partial charge in [0.1, 0.15) is 5.82 Å². The van der Waals surface area contributed by atoms with Crippen LogP contribution in [0, 0.1) is 0 Å². The van der Waals surface area contributed by atoms with Crippen LogP contribution in [0.2, 0.25) is 0 Å². The summed E-state index contributed by atoms with van der Waals surface area (Å²) in [6, 6.07) is 2.68. The molecule has 0 amide bonds. The molecular weight excluding hydrogens is 230 g/mol. The van der Waals surface area contributed by atoms with Crippen molar-refractivity contribution in [2.24, 2.45) is 0 Å². The third-order valence-electron chi connectivity index (χ3n) is 2.09. The average molecular weight is 245 g/mol. The lowest BCUT2D eigenvalue weighted by Gasteiger charge is -2.19. The highest BCUT2D eigenvalue weighted by Crippen LogP contribution is 2.15. The molecule has 0 unspecified atom stereocenters. The van der Waals surface area contributed by atoms with E-state index >= 15 is 0 Å². The Morgan fingerprint density at radius 1 is 1.56 bits per heavy atom. The third-order valence-corrected chi connectivity index (χ3v) is 4.06. The van der Waals surface area contributed by atoms with E-state index in [1.54, 1.807) is 6.92 Å². The summed E-state index contributed by atoms with van der Waals surface area (Å²) in [6.07, 6.45) is 1.34. The van der Waals surface area contributed by atoms with Crippen molar-refractivity contribution in [2.75, 3.05) is 25.4 Å². The number of hydrogen-bond donors (Lipinski definition) is 2. The van der Waals surface area contributed by atoms with E-state index in [0.717, 1.165) is 0 Å². The molecule has 16 heavy (non-hydrogen) atoms. The number of nitrogens with zero attached hydrogens (tertiary/aromatic N) is 2. The molecule has 0 spiro atoms. The van der Waals surface area contributed by atoms with Gasteiger partial charge in [-0.1, -0.05) is 6.92 Å². The van der Waals surface area contributed by atoms with E-state index in [1.807, 2.05) is 0 Å². The van der Waals surface area contributed by atoms with Crippen molar-refractivity contribution in [3.63, 3.8) is 0 Å². The molecule has 0 aliphatic rings. The Kier molecular flexibility index (Phi) is 4.22. The Bertz CT molecular complexity index is 447. The fraction of sp³-hybridized carbons (Fsp3) is 0.444. The minimum Gasteiger partial charge on any atom is -0.395 e. The lowest BCUT2D eigenvalue weighted by atomic mass is 10.5. The highest BCUT2D eigenvalue weighted by Gasteiger charge is 2.22. The summed E-state index contributed by atoms with van der Waals surface area (Å²) < 4.78 is 25.3. The van der Waals surface area contributed by atoms with E-state index in [9.17, 15) is 8.42 Å². The van der Waals surface area contributed by atoms with Crippen LogP contribution >= 0.6 is 0 Å². The number of pyridine rings is 1. The van der Waals surface area contributed by atoms with Gasteiger partial charge in [-0.3, -0.25) is 0 Å². The Morgan fingerprint density at radius 3 is 2.75 bits per heavy atom. The van der Waals surface area contributed by atoms with Gasteiger partial charge in [0.05, 0.1) is 11.5 Å². The molecule has 6 nitrogen and oxygen atoms in total. The molecule has 0 saturated heterocycles. The molecule has 3 N–H and O–H groups in total. The Balaban J connectivity index is 3.09. The van der Waals surface area contributed by atoms with Gasteiger partial charge in [-0.15, -0.1) is 0 Å². The SMILES string of the molecule is CCN(CCO)S(=O)(=O)c1ccnc(N)c1. The zero-order chi connectivity index (χ0) is 12.2. The number of aliphatic hydroxyl groups is 1. The van der Waals surface area contributed by atoms with Gasteiger partial charge >= 0.3 is 0 Å². The standard InChI is InChI=1S/C9H15N3O3S/c1-2-12(5-6-13)16(14,15)8-3-4-11-9(10)7-8/h3-4,7,13H,2,5-6H2,1H3,(H2,10,11). The second-order valence-electron chi connectivity index (χ2n) is 3.14.